The number of aromatic nitrogens is 2. The van der Waals surface area contributed by atoms with Gasteiger partial charge in [-0.15, -0.1) is 0 Å². The Balaban J connectivity index is 1.92. The first-order valence-corrected chi connectivity index (χ1v) is 8.25. The van der Waals surface area contributed by atoms with Crippen LogP contribution in [-0.2, 0) is 0 Å². The molecule has 0 spiro atoms. The van der Waals surface area contributed by atoms with Gasteiger partial charge in [0.1, 0.15) is 5.69 Å². The van der Waals surface area contributed by atoms with Gasteiger partial charge in [0.15, 0.2) is 0 Å². The van der Waals surface area contributed by atoms with Crippen LogP contribution >= 0.6 is 0 Å². The van der Waals surface area contributed by atoms with Crippen molar-refractivity contribution in [1.29, 1.82) is 0 Å². The molecule has 0 aliphatic rings. The molecule has 1 aromatic heterocycles. The predicted octanol–water partition coefficient (Wildman–Crippen LogP) is 1.14. The molecule has 0 aliphatic heterocycles. The van der Waals surface area contributed by atoms with E-state index in [1.807, 2.05) is 24.0 Å². The molecule has 0 saturated carbocycles. The van der Waals surface area contributed by atoms with Crippen LogP contribution in [0.25, 0.3) is 0 Å². The lowest BCUT2D eigenvalue weighted by atomic mass is 10.1. The highest BCUT2D eigenvalue weighted by molar-refractivity contribution is 6.12. The maximum Gasteiger partial charge on any atom is 0.326 e. The average Bonchev–Trinajstić information content (AvgIpc) is 2.67. The second-order valence-corrected chi connectivity index (χ2v) is 5.96. The number of H-pyrrole nitrogens is 2. The molecule has 0 fully saturated rings. The van der Waals surface area contributed by atoms with Gasteiger partial charge in [-0.3, -0.25) is 19.4 Å². The SMILES string of the molecule is Cc1ccccc1N(N)C(=O)c1ccccc1NC(=O)c1cc(=O)[nH]c(=O)[nH]1. The smallest absolute Gasteiger partial charge is 0.320 e. The third kappa shape index (κ3) is 3.89. The fourth-order valence-electron chi connectivity index (χ4n) is 2.63. The van der Waals surface area contributed by atoms with E-state index in [0.717, 1.165) is 16.6 Å². The van der Waals surface area contributed by atoms with Crippen molar-refractivity contribution in [2.45, 2.75) is 6.92 Å². The van der Waals surface area contributed by atoms with Gasteiger partial charge < -0.3 is 10.3 Å². The van der Waals surface area contributed by atoms with Crippen LogP contribution in [0.3, 0.4) is 0 Å². The summed E-state index contributed by atoms with van der Waals surface area (Å²) in [5, 5.41) is 3.51. The lowest BCUT2D eigenvalue weighted by molar-refractivity contribution is 0.0987. The molecule has 0 bridgehead atoms. The van der Waals surface area contributed by atoms with E-state index in [0.29, 0.717) is 5.69 Å². The maximum absolute atomic E-state index is 12.9. The number of hydrogen-bond donors (Lipinski definition) is 4. The number of anilines is 2. The standard InChI is InChI=1S/C19H17N5O4/c1-11-6-2-5-9-15(11)24(20)18(27)12-7-3-4-8-13(12)21-17(26)14-10-16(25)23-19(28)22-14/h2-10H,20H2,1H3,(H,21,26)(H2,22,23,25,28). The minimum atomic E-state index is -0.810. The number of para-hydroxylation sites is 2. The summed E-state index contributed by atoms with van der Waals surface area (Å²) >= 11 is 0. The zero-order valence-corrected chi connectivity index (χ0v) is 14.9. The van der Waals surface area contributed by atoms with Crippen LogP contribution in [0.4, 0.5) is 11.4 Å². The number of benzene rings is 2. The summed E-state index contributed by atoms with van der Waals surface area (Å²) in [4.78, 5) is 52.2. The number of hydrazine groups is 1. The van der Waals surface area contributed by atoms with Crippen molar-refractivity contribution in [3.05, 3.63) is 92.3 Å². The van der Waals surface area contributed by atoms with Crippen molar-refractivity contribution in [1.82, 2.24) is 9.97 Å². The highest BCUT2D eigenvalue weighted by atomic mass is 16.2. The van der Waals surface area contributed by atoms with Crippen LogP contribution in [0, 0.1) is 6.92 Å². The zero-order valence-electron chi connectivity index (χ0n) is 14.9. The largest absolute Gasteiger partial charge is 0.326 e. The van der Waals surface area contributed by atoms with E-state index in [9.17, 15) is 19.2 Å². The number of nitrogens with one attached hydrogen (secondary N) is 3. The van der Waals surface area contributed by atoms with E-state index in [1.54, 1.807) is 24.3 Å². The molecule has 2 amide bonds. The summed E-state index contributed by atoms with van der Waals surface area (Å²) in [5.74, 6) is 4.72. The number of aromatic amines is 2. The van der Waals surface area contributed by atoms with Crippen molar-refractivity contribution in [3.8, 4) is 0 Å². The number of hydrogen-bond acceptors (Lipinski definition) is 5. The minimum Gasteiger partial charge on any atom is -0.320 e. The molecule has 0 unspecified atom stereocenters. The molecule has 0 atom stereocenters. The molecular formula is C19H17N5O4. The number of amides is 2. The molecule has 28 heavy (non-hydrogen) atoms. The molecule has 0 aliphatic carbocycles. The molecule has 1 heterocycles. The van der Waals surface area contributed by atoms with E-state index in [-0.39, 0.29) is 16.9 Å². The number of rotatable bonds is 4. The minimum absolute atomic E-state index is 0.147. The van der Waals surface area contributed by atoms with E-state index in [4.69, 9.17) is 5.84 Å². The monoisotopic (exact) mass is 379 g/mol. The van der Waals surface area contributed by atoms with Crippen molar-refractivity contribution in [3.63, 3.8) is 0 Å². The van der Waals surface area contributed by atoms with Gasteiger partial charge in [0, 0.05) is 6.07 Å². The number of carbonyl (C=O) groups is 2. The van der Waals surface area contributed by atoms with Gasteiger partial charge in [-0.05, 0) is 30.7 Å². The van der Waals surface area contributed by atoms with Crippen LogP contribution in [0.1, 0.15) is 26.4 Å². The Labute approximate surface area is 158 Å². The zero-order chi connectivity index (χ0) is 20.3. The second kappa shape index (κ2) is 7.72. The summed E-state index contributed by atoms with van der Waals surface area (Å²) in [6.07, 6.45) is 0. The third-order valence-electron chi connectivity index (χ3n) is 4.00. The first-order chi connectivity index (χ1) is 13.4. The third-order valence-corrected chi connectivity index (χ3v) is 4.00. The molecule has 3 rings (SSSR count). The summed E-state index contributed by atoms with van der Waals surface area (Å²) in [6.45, 7) is 1.82. The summed E-state index contributed by atoms with van der Waals surface area (Å²) in [5.41, 5.74) is -0.106. The molecule has 9 heteroatoms. The van der Waals surface area contributed by atoms with Gasteiger partial charge in [-0.2, -0.15) is 0 Å². The molecule has 3 aromatic rings. The van der Waals surface area contributed by atoms with E-state index in [1.165, 1.54) is 12.1 Å². The molecule has 0 saturated heterocycles. The number of nitrogens with zero attached hydrogens (tertiary/aromatic N) is 1. The Morgan fingerprint density at radius 3 is 2.39 bits per heavy atom. The van der Waals surface area contributed by atoms with Crippen molar-refractivity contribution >= 4 is 23.2 Å². The predicted molar refractivity (Wildman–Crippen MR) is 104 cm³/mol. The molecule has 0 radical (unpaired) electrons. The Kier molecular flexibility index (Phi) is 5.18. The highest BCUT2D eigenvalue weighted by Crippen LogP contribution is 2.22. The van der Waals surface area contributed by atoms with Crippen LogP contribution in [-0.4, -0.2) is 21.8 Å². The highest BCUT2D eigenvalue weighted by Gasteiger charge is 2.20. The van der Waals surface area contributed by atoms with Crippen molar-refractivity contribution in [2.24, 2.45) is 5.84 Å². The average molecular weight is 379 g/mol. The quantitative estimate of drug-likeness (QED) is 0.306. The fraction of sp³-hybridized carbons (Fsp3) is 0.0526. The Morgan fingerprint density at radius 1 is 1.00 bits per heavy atom. The first kappa shape index (κ1) is 18.8. The van der Waals surface area contributed by atoms with Gasteiger partial charge in [-0.1, -0.05) is 30.3 Å². The normalized spacial score (nSPS) is 10.4. The molecular weight excluding hydrogens is 362 g/mol. The van der Waals surface area contributed by atoms with Gasteiger partial charge in [0.2, 0.25) is 0 Å². The number of nitrogens with two attached hydrogens (primary N) is 1. The molecule has 5 N–H and O–H groups in total. The van der Waals surface area contributed by atoms with Gasteiger partial charge in [-0.25, -0.2) is 15.6 Å². The Morgan fingerprint density at radius 2 is 1.68 bits per heavy atom. The van der Waals surface area contributed by atoms with Crippen LogP contribution < -0.4 is 27.4 Å². The second-order valence-electron chi connectivity index (χ2n) is 5.96. The van der Waals surface area contributed by atoms with E-state index < -0.39 is 23.1 Å². The van der Waals surface area contributed by atoms with Crippen LogP contribution in [0.2, 0.25) is 0 Å². The Hall–Kier alpha value is -3.98. The number of aryl methyl sites for hydroxylation is 1. The summed E-state index contributed by atoms with van der Waals surface area (Å²) < 4.78 is 0. The van der Waals surface area contributed by atoms with Gasteiger partial charge in [0.05, 0.1) is 16.9 Å². The van der Waals surface area contributed by atoms with Crippen molar-refractivity contribution < 1.29 is 9.59 Å². The van der Waals surface area contributed by atoms with Gasteiger partial charge in [0.25, 0.3) is 17.4 Å². The molecule has 9 nitrogen and oxygen atoms in total. The van der Waals surface area contributed by atoms with Crippen LogP contribution in [0.15, 0.2) is 64.2 Å². The topological polar surface area (TPSA) is 141 Å². The number of carbonyl (C=O) groups excluding carboxylic acids is 2. The van der Waals surface area contributed by atoms with Crippen LogP contribution in [0.5, 0.6) is 0 Å². The Bertz CT molecular complexity index is 1140. The lowest BCUT2D eigenvalue weighted by Gasteiger charge is -2.20. The van der Waals surface area contributed by atoms with E-state index in [2.05, 4.69) is 10.3 Å². The fourth-order valence-corrected chi connectivity index (χ4v) is 2.63. The van der Waals surface area contributed by atoms with E-state index >= 15 is 0 Å². The lowest BCUT2D eigenvalue weighted by Crippen LogP contribution is -2.38. The summed E-state index contributed by atoms with van der Waals surface area (Å²) in [7, 11) is 0. The van der Waals surface area contributed by atoms with Crippen molar-refractivity contribution in [2.75, 3.05) is 10.3 Å². The molecule has 2 aromatic carbocycles. The molecule has 142 valence electrons. The summed E-state index contributed by atoms with van der Waals surface area (Å²) in [6, 6.07) is 14.3. The first-order valence-electron chi connectivity index (χ1n) is 8.25. The van der Waals surface area contributed by atoms with Gasteiger partial charge >= 0.3 is 5.69 Å². The maximum atomic E-state index is 12.9.